The molecule has 0 bridgehead atoms. The highest BCUT2D eigenvalue weighted by molar-refractivity contribution is 7.19. The summed E-state index contributed by atoms with van der Waals surface area (Å²) in [6.07, 6.45) is 4.59. The van der Waals surface area contributed by atoms with Crippen molar-refractivity contribution in [1.29, 1.82) is 0 Å². The second-order valence-electron chi connectivity index (χ2n) is 9.03. The number of nitrogens with one attached hydrogen (secondary N) is 1. The molecule has 5 heterocycles. The first-order valence-corrected chi connectivity index (χ1v) is 13.3. The molecule has 0 atom stereocenters. The molecule has 0 amide bonds. The summed E-state index contributed by atoms with van der Waals surface area (Å²) in [6.45, 7) is 5.16. The lowest BCUT2D eigenvalue weighted by Crippen LogP contribution is -2.36. The maximum atomic E-state index is 14.5. The number of fused-ring (bicyclic) bond motifs is 2. The van der Waals surface area contributed by atoms with Crippen LogP contribution in [0.4, 0.5) is 16.2 Å². The van der Waals surface area contributed by atoms with E-state index in [9.17, 15) is 9.18 Å². The van der Waals surface area contributed by atoms with Gasteiger partial charge in [0, 0.05) is 48.4 Å². The molecule has 13 heteroatoms. The number of hydrogen-bond acceptors (Lipinski definition) is 11. The number of nitrogens with zero attached hydrogens (tertiary/aromatic N) is 7. The molecule has 11 nitrogen and oxygen atoms in total. The number of halogens is 1. The second kappa shape index (κ2) is 10.5. The number of rotatable bonds is 7. The molecule has 39 heavy (non-hydrogen) atoms. The molecule has 6 rings (SSSR count). The van der Waals surface area contributed by atoms with E-state index in [0.29, 0.717) is 61.3 Å². The lowest BCUT2D eigenvalue weighted by molar-refractivity contribution is 0.0525. The number of H-pyrrole nitrogens is 1. The summed E-state index contributed by atoms with van der Waals surface area (Å²) < 4.78 is 26.0. The molecule has 1 saturated heterocycles. The van der Waals surface area contributed by atoms with Gasteiger partial charge < -0.3 is 19.3 Å². The molecule has 4 aromatic heterocycles. The summed E-state index contributed by atoms with van der Waals surface area (Å²) in [6, 6.07) is 4.87. The zero-order chi connectivity index (χ0) is 26.9. The Morgan fingerprint density at radius 2 is 1.97 bits per heavy atom. The van der Waals surface area contributed by atoms with Crippen molar-refractivity contribution >= 4 is 50.2 Å². The number of morpholine rings is 1. The highest BCUT2D eigenvalue weighted by Gasteiger charge is 2.22. The first-order valence-electron chi connectivity index (χ1n) is 12.5. The number of carbonyl (C=O) groups is 1. The summed E-state index contributed by atoms with van der Waals surface area (Å²) in [5, 5.41) is 7.66. The molecule has 1 aliphatic heterocycles. The van der Waals surface area contributed by atoms with Gasteiger partial charge in [0.2, 0.25) is 5.95 Å². The molecule has 1 aliphatic rings. The van der Waals surface area contributed by atoms with Crippen LogP contribution in [0.3, 0.4) is 0 Å². The molecule has 0 unspecified atom stereocenters. The van der Waals surface area contributed by atoms with Crippen molar-refractivity contribution < 1.29 is 18.7 Å². The summed E-state index contributed by atoms with van der Waals surface area (Å²) in [4.78, 5) is 35.5. The van der Waals surface area contributed by atoms with Crippen molar-refractivity contribution in [3.63, 3.8) is 0 Å². The predicted octanol–water partition coefficient (Wildman–Crippen LogP) is 3.81. The fourth-order valence-electron chi connectivity index (χ4n) is 4.50. The van der Waals surface area contributed by atoms with E-state index in [-0.39, 0.29) is 12.4 Å². The van der Waals surface area contributed by atoms with Crippen molar-refractivity contribution in [1.82, 2.24) is 30.1 Å². The third kappa shape index (κ3) is 4.98. The highest BCUT2D eigenvalue weighted by Crippen LogP contribution is 2.36. The van der Waals surface area contributed by atoms with Crippen molar-refractivity contribution in [2.75, 3.05) is 49.8 Å². The van der Waals surface area contributed by atoms with Crippen LogP contribution in [0, 0.1) is 5.82 Å². The van der Waals surface area contributed by atoms with Gasteiger partial charge in [0.1, 0.15) is 5.82 Å². The fourth-order valence-corrected chi connectivity index (χ4v) is 5.66. The topological polar surface area (TPSA) is 122 Å². The van der Waals surface area contributed by atoms with Gasteiger partial charge in [0.25, 0.3) is 0 Å². The minimum absolute atomic E-state index is 0.287. The van der Waals surface area contributed by atoms with Crippen LogP contribution < -0.4 is 9.80 Å². The molecule has 0 aliphatic carbocycles. The van der Waals surface area contributed by atoms with E-state index in [1.807, 2.05) is 18.0 Å². The van der Waals surface area contributed by atoms with Crippen molar-refractivity contribution in [2.24, 2.45) is 0 Å². The van der Waals surface area contributed by atoms with Crippen molar-refractivity contribution in [3.05, 3.63) is 53.0 Å². The van der Waals surface area contributed by atoms with Gasteiger partial charge in [-0.25, -0.2) is 29.1 Å². The maximum absolute atomic E-state index is 14.5. The molecule has 200 valence electrons. The molecular formula is C26H25FN8O3S. The predicted molar refractivity (Wildman–Crippen MR) is 146 cm³/mol. The Kier molecular flexibility index (Phi) is 6.75. The molecule has 1 aromatic carbocycles. The number of esters is 1. The Bertz CT molecular complexity index is 1650. The van der Waals surface area contributed by atoms with Crippen LogP contribution >= 0.6 is 11.3 Å². The minimum atomic E-state index is -0.452. The molecule has 5 aromatic rings. The van der Waals surface area contributed by atoms with Crippen LogP contribution in [0.1, 0.15) is 22.2 Å². The first kappa shape index (κ1) is 25.1. The molecule has 1 N–H and O–H groups in total. The third-order valence-corrected chi connectivity index (χ3v) is 7.47. The number of aromatic amines is 1. The Balaban J connectivity index is 1.36. The first-order chi connectivity index (χ1) is 19.0. The average molecular weight is 549 g/mol. The number of thiophene rings is 1. The molecule has 1 fully saturated rings. The van der Waals surface area contributed by atoms with E-state index in [1.165, 1.54) is 24.5 Å². The van der Waals surface area contributed by atoms with Gasteiger partial charge in [-0.2, -0.15) is 5.10 Å². The lowest BCUT2D eigenvalue weighted by Gasteiger charge is -2.28. The van der Waals surface area contributed by atoms with Gasteiger partial charge in [-0.15, -0.1) is 11.3 Å². The Hall–Kier alpha value is -4.23. The highest BCUT2D eigenvalue weighted by atomic mass is 32.1. The number of anilines is 2. The zero-order valence-corrected chi connectivity index (χ0v) is 22.2. The normalized spacial score (nSPS) is 13.8. The molecule has 0 radical (unpaired) electrons. The van der Waals surface area contributed by atoms with Gasteiger partial charge in [-0.05, 0) is 25.1 Å². The van der Waals surface area contributed by atoms with E-state index >= 15 is 0 Å². The fraction of sp³-hybridized carbons (Fsp3) is 0.308. The smallest absolute Gasteiger partial charge is 0.341 e. The number of hydrogen-bond donors (Lipinski definition) is 1. The summed E-state index contributed by atoms with van der Waals surface area (Å²) in [7, 11) is 1.88. The number of carbonyl (C=O) groups excluding carboxylic acids is 1. The Morgan fingerprint density at radius 3 is 2.74 bits per heavy atom. The van der Waals surface area contributed by atoms with Gasteiger partial charge >= 0.3 is 5.97 Å². The Morgan fingerprint density at radius 1 is 1.18 bits per heavy atom. The summed E-state index contributed by atoms with van der Waals surface area (Å²) in [5.74, 6) is 0.869. The van der Waals surface area contributed by atoms with Crippen LogP contribution in [0.25, 0.3) is 32.5 Å². The maximum Gasteiger partial charge on any atom is 0.341 e. The van der Waals surface area contributed by atoms with E-state index in [2.05, 4.69) is 25.1 Å². The van der Waals surface area contributed by atoms with Crippen LogP contribution in [0.5, 0.6) is 0 Å². The number of ether oxygens (including phenoxy) is 2. The standard InChI is InChI=1S/C26H25FN8O3S/c1-3-38-25(36)15-11-28-26(29-12-15)34(2)14-17-10-21-22(39-17)24(35-4-6-37-7-5-35)32-23(31-21)18-8-16(27)9-20-19(18)13-30-33-20/h8-13H,3-7,14H2,1-2H3,(H,30,33). The van der Waals surface area contributed by atoms with Crippen LogP contribution in [0.2, 0.25) is 0 Å². The summed E-state index contributed by atoms with van der Waals surface area (Å²) in [5.41, 5.74) is 2.24. The quantitative estimate of drug-likeness (QED) is 0.300. The summed E-state index contributed by atoms with van der Waals surface area (Å²) >= 11 is 1.60. The van der Waals surface area contributed by atoms with Crippen LogP contribution in [0.15, 0.2) is 36.8 Å². The van der Waals surface area contributed by atoms with Crippen molar-refractivity contribution in [2.45, 2.75) is 13.5 Å². The van der Waals surface area contributed by atoms with Crippen molar-refractivity contribution in [3.8, 4) is 11.4 Å². The Labute approximate surface area is 226 Å². The number of benzene rings is 1. The number of aromatic nitrogens is 6. The van der Waals surface area contributed by atoms with Crippen LogP contribution in [-0.2, 0) is 16.0 Å². The molecule has 0 spiro atoms. The van der Waals surface area contributed by atoms with E-state index in [1.54, 1.807) is 24.5 Å². The van der Waals surface area contributed by atoms with E-state index < -0.39 is 5.97 Å². The van der Waals surface area contributed by atoms with Gasteiger partial charge in [0.05, 0.1) is 53.9 Å². The zero-order valence-electron chi connectivity index (χ0n) is 21.3. The van der Waals surface area contributed by atoms with Gasteiger partial charge in [0.15, 0.2) is 11.6 Å². The minimum Gasteiger partial charge on any atom is -0.462 e. The van der Waals surface area contributed by atoms with Gasteiger partial charge in [-0.3, -0.25) is 5.10 Å². The largest absolute Gasteiger partial charge is 0.462 e. The van der Waals surface area contributed by atoms with E-state index in [0.717, 1.165) is 26.3 Å². The monoisotopic (exact) mass is 548 g/mol. The SMILES string of the molecule is CCOC(=O)c1cnc(N(C)Cc2cc3nc(-c4cc(F)cc5[nH]ncc45)nc(N4CCOCC4)c3s2)nc1. The second-order valence-corrected chi connectivity index (χ2v) is 10.2. The van der Waals surface area contributed by atoms with E-state index in [4.69, 9.17) is 19.4 Å². The average Bonchev–Trinajstić information content (AvgIpc) is 3.59. The molecular weight excluding hydrogens is 523 g/mol. The van der Waals surface area contributed by atoms with Crippen LogP contribution in [-0.4, -0.2) is 76.1 Å². The lowest BCUT2D eigenvalue weighted by atomic mass is 10.1. The molecule has 0 saturated carbocycles. The third-order valence-electron chi connectivity index (χ3n) is 6.36. The van der Waals surface area contributed by atoms with Gasteiger partial charge in [-0.1, -0.05) is 0 Å².